The van der Waals surface area contributed by atoms with Gasteiger partial charge in [-0.3, -0.25) is 4.79 Å². The molecule has 0 radical (unpaired) electrons. The van der Waals surface area contributed by atoms with Gasteiger partial charge in [0.25, 0.3) is 15.9 Å². The average Bonchev–Trinajstić information content (AvgIpc) is 2.73. The minimum atomic E-state index is -3.88. The molecule has 0 aliphatic carbocycles. The zero-order valence-electron chi connectivity index (χ0n) is 16.2. The molecule has 3 aromatic rings. The first-order chi connectivity index (χ1) is 13.9. The number of amides is 1. The molecule has 3 rings (SSSR count). The number of aryl methyl sites for hydroxylation is 1. The molecule has 7 nitrogen and oxygen atoms in total. The number of carbonyl (C=O) groups excluding carboxylic acids is 1. The molecule has 0 bridgehead atoms. The summed E-state index contributed by atoms with van der Waals surface area (Å²) in [5, 5.41) is 2.73. The third-order valence-electron chi connectivity index (χ3n) is 4.26. The molecule has 0 aliphatic rings. The second-order valence-electron chi connectivity index (χ2n) is 6.43. The maximum atomic E-state index is 13.3. The molecule has 0 atom stereocenters. The molecular formula is C21H22N4O3S. The van der Waals surface area contributed by atoms with Crippen LogP contribution in [0, 0.1) is 6.92 Å². The summed E-state index contributed by atoms with van der Waals surface area (Å²) in [7, 11) is -3.88. The molecule has 0 spiro atoms. The maximum absolute atomic E-state index is 13.3. The monoisotopic (exact) mass is 410 g/mol. The lowest BCUT2D eigenvalue weighted by molar-refractivity contribution is 0.0956. The highest BCUT2D eigenvalue weighted by Gasteiger charge is 2.27. The van der Waals surface area contributed by atoms with Gasteiger partial charge in [-0.2, -0.15) is 0 Å². The van der Waals surface area contributed by atoms with Crippen LogP contribution >= 0.6 is 0 Å². The first-order valence-electron chi connectivity index (χ1n) is 9.15. The van der Waals surface area contributed by atoms with E-state index in [1.54, 1.807) is 54.6 Å². The highest BCUT2D eigenvalue weighted by atomic mass is 32.2. The first kappa shape index (κ1) is 20.5. The van der Waals surface area contributed by atoms with Crippen LogP contribution in [0.2, 0.25) is 0 Å². The predicted octanol–water partition coefficient (Wildman–Crippen LogP) is 2.93. The highest BCUT2D eigenvalue weighted by molar-refractivity contribution is 7.92. The molecule has 1 heterocycles. The third kappa shape index (κ3) is 4.78. The predicted molar refractivity (Wildman–Crippen MR) is 111 cm³/mol. The smallest absolute Gasteiger partial charge is 0.266 e. The topological polar surface area (TPSA) is 92.3 Å². The summed E-state index contributed by atoms with van der Waals surface area (Å²) < 4.78 is 27.7. The van der Waals surface area contributed by atoms with Gasteiger partial charge in [-0.05, 0) is 49.7 Å². The molecule has 2 aromatic carbocycles. The number of nitrogens with zero attached hydrogens (tertiary/aromatic N) is 3. The Morgan fingerprint density at radius 2 is 1.62 bits per heavy atom. The highest BCUT2D eigenvalue weighted by Crippen LogP contribution is 2.23. The standard InChI is InChI=1S/C21H22N4O3S/c1-3-22-20(26)18-9-7-17(8-10-18)15-25(21-23-13-4-14-24-21)29(27,28)19-11-5-16(2)6-12-19/h4-14H,3,15H2,1-2H3,(H,22,26). The van der Waals surface area contributed by atoms with Crippen molar-refractivity contribution in [1.29, 1.82) is 0 Å². The molecule has 1 amide bonds. The molecule has 8 heteroatoms. The van der Waals surface area contributed by atoms with E-state index in [-0.39, 0.29) is 23.3 Å². The molecule has 0 unspecified atom stereocenters. The summed E-state index contributed by atoms with van der Waals surface area (Å²) in [5.74, 6) is -0.0875. The van der Waals surface area contributed by atoms with Gasteiger partial charge in [0.15, 0.2) is 0 Å². The number of sulfonamides is 1. The molecule has 0 saturated heterocycles. The van der Waals surface area contributed by atoms with Gasteiger partial charge >= 0.3 is 0 Å². The van der Waals surface area contributed by atoms with Crippen molar-refractivity contribution in [1.82, 2.24) is 15.3 Å². The number of nitrogens with one attached hydrogen (secondary N) is 1. The number of carbonyl (C=O) groups is 1. The van der Waals surface area contributed by atoms with Crippen LogP contribution in [0.3, 0.4) is 0 Å². The largest absolute Gasteiger partial charge is 0.352 e. The number of benzene rings is 2. The van der Waals surface area contributed by atoms with Gasteiger partial charge in [-0.25, -0.2) is 22.7 Å². The van der Waals surface area contributed by atoms with Crippen molar-refractivity contribution in [2.24, 2.45) is 0 Å². The Morgan fingerprint density at radius 1 is 1.00 bits per heavy atom. The average molecular weight is 410 g/mol. The normalized spacial score (nSPS) is 11.1. The molecular weight excluding hydrogens is 388 g/mol. The van der Waals surface area contributed by atoms with E-state index in [1.165, 1.54) is 16.7 Å². The molecule has 0 saturated carbocycles. The number of aromatic nitrogens is 2. The first-order valence-corrected chi connectivity index (χ1v) is 10.6. The van der Waals surface area contributed by atoms with Gasteiger partial charge in [0.05, 0.1) is 11.4 Å². The van der Waals surface area contributed by atoms with Crippen molar-refractivity contribution in [3.63, 3.8) is 0 Å². The number of hydrogen-bond donors (Lipinski definition) is 1. The number of hydrogen-bond acceptors (Lipinski definition) is 5. The van der Waals surface area contributed by atoms with E-state index >= 15 is 0 Å². The van der Waals surface area contributed by atoms with Crippen LogP contribution in [0.15, 0.2) is 71.9 Å². The molecule has 1 aromatic heterocycles. The van der Waals surface area contributed by atoms with Gasteiger partial charge in [0.2, 0.25) is 5.95 Å². The van der Waals surface area contributed by atoms with Crippen LogP contribution in [0.1, 0.15) is 28.4 Å². The lowest BCUT2D eigenvalue weighted by Gasteiger charge is -2.22. The fourth-order valence-electron chi connectivity index (χ4n) is 2.71. The molecule has 150 valence electrons. The second kappa shape index (κ2) is 8.83. The van der Waals surface area contributed by atoms with Crippen molar-refractivity contribution < 1.29 is 13.2 Å². The summed E-state index contributed by atoms with van der Waals surface area (Å²) >= 11 is 0. The lowest BCUT2D eigenvalue weighted by Crippen LogP contribution is -2.32. The Hall–Kier alpha value is -3.26. The third-order valence-corrected chi connectivity index (χ3v) is 6.00. The Balaban J connectivity index is 1.95. The van der Waals surface area contributed by atoms with E-state index in [0.29, 0.717) is 17.7 Å². The van der Waals surface area contributed by atoms with Crippen LogP contribution < -0.4 is 9.62 Å². The van der Waals surface area contributed by atoms with Crippen molar-refractivity contribution in [3.8, 4) is 0 Å². The number of rotatable bonds is 7. The van der Waals surface area contributed by atoms with E-state index in [0.717, 1.165) is 5.56 Å². The van der Waals surface area contributed by atoms with Gasteiger partial charge in [-0.15, -0.1) is 0 Å². The van der Waals surface area contributed by atoms with Crippen LogP contribution in [0.5, 0.6) is 0 Å². The van der Waals surface area contributed by atoms with Crippen LogP contribution in [0.4, 0.5) is 5.95 Å². The minimum Gasteiger partial charge on any atom is -0.352 e. The lowest BCUT2D eigenvalue weighted by atomic mass is 10.1. The Morgan fingerprint density at radius 3 is 2.21 bits per heavy atom. The minimum absolute atomic E-state index is 0.0376. The number of anilines is 1. The van der Waals surface area contributed by atoms with Gasteiger partial charge in [0.1, 0.15) is 0 Å². The summed E-state index contributed by atoms with van der Waals surface area (Å²) in [5.41, 5.74) is 2.19. The molecule has 29 heavy (non-hydrogen) atoms. The van der Waals surface area contributed by atoms with E-state index in [1.807, 2.05) is 13.8 Å². The maximum Gasteiger partial charge on any atom is 0.266 e. The quantitative estimate of drug-likeness (QED) is 0.647. The second-order valence-corrected chi connectivity index (χ2v) is 8.29. The zero-order chi connectivity index (χ0) is 20.9. The summed E-state index contributed by atoms with van der Waals surface area (Å²) in [6.07, 6.45) is 3.00. The summed E-state index contributed by atoms with van der Waals surface area (Å²) in [6.45, 7) is 4.31. The van der Waals surface area contributed by atoms with Crippen LogP contribution in [-0.2, 0) is 16.6 Å². The van der Waals surface area contributed by atoms with E-state index in [4.69, 9.17) is 0 Å². The summed E-state index contributed by atoms with van der Waals surface area (Å²) in [6, 6.07) is 15.1. The zero-order valence-corrected chi connectivity index (χ0v) is 17.1. The van der Waals surface area contributed by atoms with Gasteiger partial charge in [-0.1, -0.05) is 29.8 Å². The Kier molecular flexibility index (Phi) is 6.23. The van der Waals surface area contributed by atoms with E-state index in [2.05, 4.69) is 15.3 Å². The van der Waals surface area contributed by atoms with Crippen molar-refractivity contribution in [2.45, 2.75) is 25.3 Å². The van der Waals surface area contributed by atoms with Crippen LogP contribution in [-0.4, -0.2) is 30.8 Å². The summed E-state index contributed by atoms with van der Waals surface area (Å²) in [4.78, 5) is 20.3. The molecule has 0 fully saturated rings. The fourth-order valence-corrected chi connectivity index (χ4v) is 4.07. The van der Waals surface area contributed by atoms with Crippen molar-refractivity contribution in [2.75, 3.05) is 10.8 Å². The van der Waals surface area contributed by atoms with Crippen molar-refractivity contribution in [3.05, 3.63) is 83.7 Å². The van der Waals surface area contributed by atoms with Gasteiger partial charge < -0.3 is 5.32 Å². The molecule has 1 N–H and O–H groups in total. The van der Waals surface area contributed by atoms with E-state index in [9.17, 15) is 13.2 Å². The van der Waals surface area contributed by atoms with Gasteiger partial charge in [0, 0.05) is 24.5 Å². The molecule has 0 aliphatic heterocycles. The van der Waals surface area contributed by atoms with Crippen molar-refractivity contribution >= 4 is 21.9 Å². The van der Waals surface area contributed by atoms with E-state index < -0.39 is 10.0 Å². The Bertz CT molecular complexity index is 1070. The van der Waals surface area contributed by atoms with Crippen LogP contribution in [0.25, 0.3) is 0 Å². The SMILES string of the molecule is CCNC(=O)c1ccc(CN(c2ncccn2)S(=O)(=O)c2ccc(C)cc2)cc1. The fraction of sp³-hybridized carbons (Fsp3) is 0.190. The Labute approximate surface area is 170 Å².